The first-order valence-electron chi connectivity index (χ1n) is 8.13. The van der Waals surface area contributed by atoms with Crippen LogP contribution < -0.4 is 0 Å². The summed E-state index contributed by atoms with van der Waals surface area (Å²) >= 11 is 0. The van der Waals surface area contributed by atoms with Crippen molar-refractivity contribution in [2.45, 2.75) is 82.9 Å². The molecule has 2 bridgehead atoms. The SMILES string of the molecule is CCC(OC(=O)C(C)(C)CC)OC1C2CC3C(O2)C1OS3(=O)=O. The molecular formula is C15H24O7S. The smallest absolute Gasteiger partial charge is 0.313 e. The second-order valence-electron chi connectivity index (χ2n) is 7.05. The minimum absolute atomic E-state index is 0.320. The molecule has 3 aliphatic rings. The largest absolute Gasteiger partial charge is 0.435 e. The third-order valence-corrected chi connectivity index (χ3v) is 6.80. The zero-order valence-electron chi connectivity index (χ0n) is 13.9. The molecule has 6 unspecified atom stereocenters. The number of esters is 1. The van der Waals surface area contributed by atoms with E-state index in [-0.39, 0.29) is 12.1 Å². The number of fused-ring (bicyclic) bond motifs is 1. The molecule has 7 nitrogen and oxygen atoms in total. The molecule has 0 radical (unpaired) electrons. The molecule has 6 atom stereocenters. The van der Waals surface area contributed by atoms with Crippen molar-refractivity contribution in [2.24, 2.45) is 5.41 Å². The minimum atomic E-state index is -3.57. The number of ether oxygens (including phenoxy) is 3. The number of hydrogen-bond acceptors (Lipinski definition) is 7. The van der Waals surface area contributed by atoms with Gasteiger partial charge in [-0.3, -0.25) is 8.98 Å². The van der Waals surface area contributed by atoms with Crippen molar-refractivity contribution in [1.82, 2.24) is 0 Å². The summed E-state index contributed by atoms with van der Waals surface area (Å²) in [5, 5.41) is -0.584. The van der Waals surface area contributed by atoms with E-state index < -0.39 is 45.4 Å². The standard InChI is InChI=1S/C15H24O7S/c1-5-10(21-14(16)15(3,4)6-2)20-11-8-7-9-12(19-8)13(11)22-23(9,17)18/h8-13H,5-7H2,1-4H3. The van der Waals surface area contributed by atoms with Crippen LogP contribution in [0.5, 0.6) is 0 Å². The molecule has 23 heavy (non-hydrogen) atoms. The molecule has 3 fully saturated rings. The lowest BCUT2D eigenvalue weighted by atomic mass is 9.91. The molecule has 0 saturated carbocycles. The summed E-state index contributed by atoms with van der Waals surface area (Å²) in [7, 11) is -3.57. The fourth-order valence-corrected chi connectivity index (χ4v) is 4.84. The van der Waals surface area contributed by atoms with Gasteiger partial charge < -0.3 is 14.2 Å². The summed E-state index contributed by atoms with van der Waals surface area (Å²) in [6, 6.07) is 0. The highest BCUT2D eigenvalue weighted by molar-refractivity contribution is 7.87. The van der Waals surface area contributed by atoms with Gasteiger partial charge in [0.15, 0.2) is 0 Å². The first kappa shape index (κ1) is 17.1. The van der Waals surface area contributed by atoms with Crippen LogP contribution >= 0.6 is 0 Å². The number of carbonyl (C=O) groups is 1. The Kier molecular flexibility index (Phi) is 4.23. The minimum Gasteiger partial charge on any atom is -0.435 e. The molecule has 3 saturated heterocycles. The van der Waals surface area contributed by atoms with Gasteiger partial charge in [0.1, 0.15) is 23.6 Å². The molecule has 0 amide bonds. The predicted molar refractivity (Wildman–Crippen MR) is 80.0 cm³/mol. The van der Waals surface area contributed by atoms with Crippen LogP contribution in [0.1, 0.15) is 47.0 Å². The third kappa shape index (κ3) is 2.79. The van der Waals surface area contributed by atoms with Crippen LogP contribution in [0.25, 0.3) is 0 Å². The van der Waals surface area contributed by atoms with E-state index in [2.05, 4.69) is 0 Å². The lowest BCUT2D eigenvalue weighted by Crippen LogP contribution is -2.43. The van der Waals surface area contributed by atoms with Gasteiger partial charge in [0, 0.05) is 6.42 Å². The topological polar surface area (TPSA) is 88.1 Å². The van der Waals surface area contributed by atoms with Crippen LogP contribution in [0, 0.1) is 5.41 Å². The van der Waals surface area contributed by atoms with Crippen molar-refractivity contribution in [3.05, 3.63) is 0 Å². The first-order chi connectivity index (χ1) is 10.7. The zero-order valence-corrected chi connectivity index (χ0v) is 14.7. The third-order valence-electron chi connectivity index (χ3n) is 5.11. The maximum Gasteiger partial charge on any atom is 0.313 e. The molecule has 3 rings (SSSR count). The lowest BCUT2D eigenvalue weighted by Gasteiger charge is -2.29. The summed E-state index contributed by atoms with van der Waals surface area (Å²) in [4.78, 5) is 12.2. The maximum atomic E-state index is 12.2. The number of rotatable bonds is 6. The molecule has 3 heterocycles. The van der Waals surface area contributed by atoms with Crippen molar-refractivity contribution in [3.63, 3.8) is 0 Å². The van der Waals surface area contributed by atoms with Gasteiger partial charge in [-0.2, -0.15) is 8.42 Å². The van der Waals surface area contributed by atoms with Crippen molar-refractivity contribution in [2.75, 3.05) is 0 Å². The predicted octanol–water partition coefficient (Wildman–Crippen LogP) is 1.36. The quantitative estimate of drug-likeness (QED) is 0.407. The van der Waals surface area contributed by atoms with E-state index in [1.807, 2.05) is 27.7 Å². The molecular weight excluding hydrogens is 324 g/mol. The van der Waals surface area contributed by atoms with E-state index in [9.17, 15) is 13.2 Å². The van der Waals surface area contributed by atoms with Gasteiger partial charge in [0.25, 0.3) is 10.1 Å². The summed E-state index contributed by atoms with van der Waals surface area (Å²) in [6.07, 6.45) is -1.15. The van der Waals surface area contributed by atoms with Crippen molar-refractivity contribution in [3.8, 4) is 0 Å². The van der Waals surface area contributed by atoms with E-state index >= 15 is 0 Å². The van der Waals surface area contributed by atoms with Crippen LogP contribution in [0.4, 0.5) is 0 Å². The van der Waals surface area contributed by atoms with Crippen molar-refractivity contribution >= 4 is 16.1 Å². The molecule has 3 aliphatic heterocycles. The molecule has 0 N–H and O–H groups in total. The maximum absolute atomic E-state index is 12.2. The fourth-order valence-electron chi connectivity index (χ4n) is 3.20. The van der Waals surface area contributed by atoms with Gasteiger partial charge in [0.2, 0.25) is 6.29 Å². The Bertz CT molecular complexity index is 585. The second-order valence-corrected chi connectivity index (χ2v) is 8.83. The summed E-state index contributed by atoms with van der Waals surface area (Å²) in [5.74, 6) is -0.325. The average Bonchev–Trinajstić information content (AvgIpc) is 3.10. The fraction of sp³-hybridized carbons (Fsp3) is 0.933. The average molecular weight is 348 g/mol. The van der Waals surface area contributed by atoms with Crippen LogP contribution in [0.2, 0.25) is 0 Å². The van der Waals surface area contributed by atoms with Crippen LogP contribution in [0.3, 0.4) is 0 Å². The number of carbonyl (C=O) groups excluding carboxylic acids is 1. The van der Waals surface area contributed by atoms with E-state index in [4.69, 9.17) is 18.4 Å². The molecule has 0 aromatic heterocycles. The van der Waals surface area contributed by atoms with Gasteiger partial charge >= 0.3 is 5.97 Å². The molecule has 0 aromatic carbocycles. The summed E-state index contributed by atoms with van der Waals surface area (Å²) in [5.41, 5.74) is -0.583. The monoisotopic (exact) mass is 348 g/mol. The molecule has 0 aliphatic carbocycles. The molecule has 132 valence electrons. The lowest BCUT2D eigenvalue weighted by molar-refractivity contribution is -0.209. The molecule has 0 aromatic rings. The number of hydrogen-bond donors (Lipinski definition) is 0. The van der Waals surface area contributed by atoms with Gasteiger partial charge in [-0.1, -0.05) is 13.8 Å². The highest BCUT2D eigenvalue weighted by Crippen LogP contribution is 2.48. The van der Waals surface area contributed by atoms with E-state index in [1.54, 1.807) is 0 Å². The Labute approximate surface area is 136 Å². The van der Waals surface area contributed by atoms with Gasteiger partial charge in [-0.25, -0.2) is 0 Å². The van der Waals surface area contributed by atoms with E-state index in [0.29, 0.717) is 19.3 Å². The summed E-state index contributed by atoms with van der Waals surface area (Å²) in [6.45, 7) is 7.41. The Hall–Kier alpha value is -0.700. The highest BCUT2D eigenvalue weighted by Gasteiger charge is 2.66. The van der Waals surface area contributed by atoms with Crippen molar-refractivity contribution < 1.29 is 31.6 Å². The van der Waals surface area contributed by atoms with Gasteiger partial charge in [-0.15, -0.1) is 0 Å². The first-order valence-corrected chi connectivity index (χ1v) is 9.61. The molecule has 0 spiro atoms. The van der Waals surface area contributed by atoms with E-state index in [1.165, 1.54) is 0 Å². The van der Waals surface area contributed by atoms with E-state index in [0.717, 1.165) is 0 Å². The van der Waals surface area contributed by atoms with Crippen LogP contribution in [-0.4, -0.2) is 50.3 Å². The Morgan fingerprint density at radius 2 is 2.00 bits per heavy atom. The normalized spacial score (nSPS) is 38.7. The van der Waals surface area contributed by atoms with Gasteiger partial charge in [-0.05, 0) is 26.7 Å². The van der Waals surface area contributed by atoms with Crippen molar-refractivity contribution in [1.29, 1.82) is 0 Å². The van der Waals surface area contributed by atoms with Crippen LogP contribution in [-0.2, 0) is 33.3 Å². The zero-order chi connectivity index (χ0) is 17.0. The second kappa shape index (κ2) is 5.68. The molecule has 8 heteroatoms. The highest BCUT2D eigenvalue weighted by atomic mass is 32.2. The Morgan fingerprint density at radius 1 is 1.30 bits per heavy atom. The Morgan fingerprint density at radius 3 is 2.61 bits per heavy atom. The Balaban J connectivity index is 1.66. The van der Waals surface area contributed by atoms with Crippen LogP contribution in [0.15, 0.2) is 0 Å². The van der Waals surface area contributed by atoms with Gasteiger partial charge in [0.05, 0.1) is 11.5 Å². The summed E-state index contributed by atoms with van der Waals surface area (Å²) < 4.78 is 45.9.